The minimum Gasteiger partial charge on any atom is -0.495 e. The molecule has 6 nitrogen and oxygen atoms in total. The average Bonchev–Trinajstić information content (AvgIpc) is 3.42. The van der Waals surface area contributed by atoms with Crippen LogP contribution in [-0.2, 0) is 0 Å². The first kappa shape index (κ1) is 19.2. The minimum absolute atomic E-state index is 0.100. The summed E-state index contributed by atoms with van der Waals surface area (Å²) in [6.07, 6.45) is 2.62. The molecular weight excluding hydrogens is 396 g/mol. The Hall–Kier alpha value is -2.77. The molecule has 1 aliphatic rings. The van der Waals surface area contributed by atoms with Crippen LogP contribution in [-0.4, -0.2) is 47.0 Å². The van der Waals surface area contributed by atoms with Gasteiger partial charge in [0.25, 0.3) is 5.56 Å². The van der Waals surface area contributed by atoms with Crippen LogP contribution in [0.5, 0.6) is 5.75 Å². The lowest BCUT2D eigenvalue weighted by molar-refractivity contribution is -0.884. The van der Waals surface area contributed by atoms with E-state index in [0.717, 1.165) is 28.7 Å². The number of thioether (sulfide) groups is 1. The van der Waals surface area contributed by atoms with Gasteiger partial charge in [0.05, 0.1) is 38.2 Å². The van der Waals surface area contributed by atoms with Crippen molar-refractivity contribution in [3.05, 3.63) is 58.9 Å². The summed E-state index contributed by atoms with van der Waals surface area (Å²) in [5, 5.41) is 1.68. The van der Waals surface area contributed by atoms with Crippen LogP contribution in [0.2, 0.25) is 0 Å². The fraction of sp³-hybridized carbons (Fsp3) is 0.304. The number of nitrogens with zero attached hydrogens (tertiary/aromatic N) is 2. The maximum absolute atomic E-state index is 13.6. The normalized spacial score (nSPS) is 14.7. The quantitative estimate of drug-likeness (QED) is 0.371. The van der Waals surface area contributed by atoms with Crippen LogP contribution in [0.1, 0.15) is 12.8 Å². The van der Waals surface area contributed by atoms with Gasteiger partial charge in [-0.1, -0.05) is 42.1 Å². The molecule has 4 aromatic rings. The number of benzene rings is 2. The van der Waals surface area contributed by atoms with E-state index in [4.69, 9.17) is 9.72 Å². The number of hydrogen-bond acceptors (Lipinski definition) is 4. The molecule has 2 aromatic carbocycles. The Bertz CT molecular complexity index is 1260. The predicted octanol–water partition coefficient (Wildman–Crippen LogP) is 2.65. The molecule has 30 heavy (non-hydrogen) atoms. The van der Waals surface area contributed by atoms with Gasteiger partial charge in [-0.3, -0.25) is 4.79 Å². The topological polar surface area (TPSA) is 64.3 Å². The van der Waals surface area contributed by atoms with Crippen LogP contribution in [0.3, 0.4) is 0 Å². The Balaban J connectivity index is 1.65. The number of likely N-dealkylation sites (tertiary alicyclic amines) is 1. The molecule has 0 unspecified atom stereocenters. The number of quaternary nitrogens is 1. The van der Waals surface area contributed by atoms with Crippen molar-refractivity contribution in [3.63, 3.8) is 0 Å². The third-order valence-electron chi connectivity index (χ3n) is 5.82. The standard InChI is InChI=1S/C23H24N4O2S/c1-29-19-11-5-4-10-18(19)27-22(28)21-20(16-8-2-3-9-17(16)24-21)25-23(27)30-15-14-26-12-6-7-13-26/h2-5,8-11,24H,6-7,12-15H2,1H3/p+1. The first-order valence-electron chi connectivity index (χ1n) is 10.4. The molecule has 0 atom stereocenters. The molecule has 5 rings (SSSR count). The fourth-order valence-electron chi connectivity index (χ4n) is 4.28. The van der Waals surface area contributed by atoms with Crippen molar-refractivity contribution in [2.45, 2.75) is 18.0 Å². The van der Waals surface area contributed by atoms with Gasteiger partial charge in [-0.05, 0) is 18.2 Å². The van der Waals surface area contributed by atoms with E-state index in [1.165, 1.54) is 25.9 Å². The number of rotatable bonds is 6. The Morgan fingerprint density at radius 2 is 1.90 bits per heavy atom. The maximum Gasteiger partial charge on any atom is 0.283 e. The first-order chi connectivity index (χ1) is 14.8. The zero-order chi connectivity index (χ0) is 20.5. The second-order valence-electron chi connectivity index (χ2n) is 7.66. The van der Waals surface area contributed by atoms with Gasteiger partial charge < -0.3 is 14.6 Å². The molecular formula is C23H25N4O2S+. The van der Waals surface area contributed by atoms with Crippen LogP contribution >= 0.6 is 11.8 Å². The van der Waals surface area contributed by atoms with Crippen molar-refractivity contribution in [1.82, 2.24) is 14.5 Å². The van der Waals surface area contributed by atoms with Gasteiger partial charge in [-0.25, -0.2) is 9.55 Å². The van der Waals surface area contributed by atoms with Crippen molar-refractivity contribution < 1.29 is 9.64 Å². The molecule has 1 aliphatic heterocycles. The summed E-state index contributed by atoms with van der Waals surface area (Å²) in [7, 11) is 1.63. The molecule has 0 radical (unpaired) electrons. The second kappa shape index (κ2) is 8.16. The highest BCUT2D eigenvalue weighted by Crippen LogP contribution is 2.29. The summed E-state index contributed by atoms with van der Waals surface area (Å²) in [6, 6.07) is 15.5. The van der Waals surface area contributed by atoms with E-state index >= 15 is 0 Å². The number of aromatic nitrogens is 3. The summed E-state index contributed by atoms with van der Waals surface area (Å²) in [6.45, 7) is 3.57. The van der Waals surface area contributed by atoms with Crippen molar-refractivity contribution in [1.29, 1.82) is 0 Å². The van der Waals surface area contributed by atoms with Gasteiger partial charge in [-0.2, -0.15) is 0 Å². The summed E-state index contributed by atoms with van der Waals surface area (Å²) in [4.78, 5) is 23.5. The van der Waals surface area contributed by atoms with Crippen molar-refractivity contribution in [2.75, 3.05) is 32.5 Å². The number of H-pyrrole nitrogens is 1. The van der Waals surface area contributed by atoms with Crippen molar-refractivity contribution >= 4 is 33.7 Å². The molecule has 0 amide bonds. The van der Waals surface area contributed by atoms with Gasteiger partial charge in [0.15, 0.2) is 5.16 Å². The Labute approximate surface area is 178 Å². The van der Waals surface area contributed by atoms with E-state index in [2.05, 4.69) is 4.98 Å². The van der Waals surface area contributed by atoms with E-state index in [-0.39, 0.29) is 5.56 Å². The molecule has 1 fully saturated rings. The fourth-order valence-corrected chi connectivity index (χ4v) is 5.32. The van der Waals surface area contributed by atoms with Gasteiger partial charge in [-0.15, -0.1) is 0 Å². The summed E-state index contributed by atoms with van der Waals surface area (Å²) in [5.41, 5.74) is 2.80. The number of ether oxygens (including phenoxy) is 1. The number of para-hydroxylation sites is 3. The Morgan fingerprint density at radius 1 is 1.13 bits per heavy atom. The van der Waals surface area contributed by atoms with E-state index in [9.17, 15) is 4.79 Å². The molecule has 2 N–H and O–H groups in total. The summed E-state index contributed by atoms with van der Waals surface area (Å²) >= 11 is 1.65. The molecule has 2 aromatic heterocycles. The first-order valence-corrected chi connectivity index (χ1v) is 11.4. The molecule has 0 bridgehead atoms. The molecule has 0 saturated carbocycles. The highest BCUT2D eigenvalue weighted by Gasteiger charge is 2.20. The third-order valence-corrected chi connectivity index (χ3v) is 6.76. The lowest BCUT2D eigenvalue weighted by Crippen LogP contribution is -3.10. The van der Waals surface area contributed by atoms with E-state index in [1.54, 1.807) is 28.3 Å². The second-order valence-corrected chi connectivity index (χ2v) is 8.72. The van der Waals surface area contributed by atoms with Crippen molar-refractivity contribution in [3.8, 4) is 11.4 Å². The number of aromatic amines is 1. The number of fused-ring (bicyclic) bond motifs is 3. The van der Waals surface area contributed by atoms with Crippen LogP contribution in [0.15, 0.2) is 58.5 Å². The van der Waals surface area contributed by atoms with Gasteiger partial charge in [0.2, 0.25) is 0 Å². The lowest BCUT2D eigenvalue weighted by Gasteiger charge is -2.16. The Morgan fingerprint density at radius 3 is 2.73 bits per heavy atom. The lowest BCUT2D eigenvalue weighted by atomic mass is 10.2. The highest BCUT2D eigenvalue weighted by molar-refractivity contribution is 7.99. The SMILES string of the molecule is COc1ccccc1-n1c(SCC[NH+]2CCCC2)nc2c([nH]c3ccccc32)c1=O. The zero-order valence-electron chi connectivity index (χ0n) is 17.0. The van der Waals surface area contributed by atoms with Gasteiger partial charge >= 0.3 is 0 Å². The largest absolute Gasteiger partial charge is 0.495 e. The summed E-state index contributed by atoms with van der Waals surface area (Å²) in [5.74, 6) is 1.58. The number of methoxy groups -OCH3 is 1. The number of hydrogen-bond donors (Lipinski definition) is 2. The average molecular weight is 422 g/mol. The predicted molar refractivity (Wildman–Crippen MR) is 121 cm³/mol. The molecule has 0 spiro atoms. The zero-order valence-corrected chi connectivity index (χ0v) is 17.8. The monoisotopic (exact) mass is 421 g/mol. The van der Waals surface area contributed by atoms with Gasteiger partial charge in [0.1, 0.15) is 16.8 Å². The van der Waals surface area contributed by atoms with Crippen LogP contribution < -0.4 is 15.2 Å². The smallest absolute Gasteiger partial charge is 0.283 e. The van der Waals surface area contributed by atoms with E-state index in [0.29, 0.717) is 22.1 Å². The Kier molecular flexibility index (Phi) is 5.23. The molecule has 154 valence electrons. The molecule has 7 heteroatoms. The van der Waals surface area contributed by atoms with Crippen molar-refractivity contribution in [2.24, 2.45) is 0 Å². The van der Waals surface area contributed by atoms with Crippen LogP contribution in [0.25, 0.3) is 27.6 Å². The van der Waals surface area contributed by atoms with Crippen LogP contribution in [0, 0.1) is 0 Å². The summed E-state index contributed by atoms with van der Waals surface area (Å²) < 4.78 is 7.25. The van der Waals surface area contributed by atoms with Gasteiger partial charge in [0, 0.05) is 23.7 Å². The minimum atomic E-state index is -0.100. The van der Waals surface area contributed by atoms with Crippen LogP contribution in [0.4, 0.5) is 0 Å². The van der Waals surface area contributed by atoms with E-state index in [1.807, 2.05) is 48.5 Å². The maximum atomic E-state index is 13.6. The highest BCUT2D eigenvalue weighted by atomic mass is 32.2. The van der Waals surface area contributed by atoms with E-state index < -0.39 is 0 Å². The number of nitrogens with one attached hydrogen (secondary N) is 2. The third kappa shape index (κ3) is 3.38. The molecule has 3 heterocycles. The molecule has 1 saturated heterocycles. The molecule has 0 aliphatic carbocycles.